The quantitative estimate of drug-likeness (QED) is 0.702. The fraction of sp³-hybridized carbons (Fsp3) is 0.211. The number of fused-ring (bicyclic) bond motifs is 1. The lowest BCUT2D eigenvalue weighted by Gasteiger charge is -2.14. The highest BCUT2D eigenvalue weighted by Gasteiger charge is 2.35. The summed E-state index contributed by atoms with van der Waals surface area (Å²) in [4.78, 5) is 7.66. The maximum absolute atomic E-state index is 13.5. The van der Waals surface area contributed by atoms with Gasteiger partial charge in [-0.3, -0.25) is 4.99 Å². The number of H-pyrrole nitrogens is 1. The van der Waals surface area contributed by atoms with Gasteiger partial charge in [-0.25, -0.2) is 0 Å². The summed E-state index contributed by atoms with van der Waals surface area (Å²) in [6.07, 6.45) is -4.43. The van der Waals surface area contributed by atoms with Crippen LogP contribution in [0.5, 0.6) is 0 Å². The minimum atomic E-state index is -4.43. The molecule has 0 aliphatic carbocycles. The summed E-state index contributed by atoms with van der Waals surface area (Å²) in [6, 6.07) is 13.3. The molecular formula is C19H16F3N3. The first kappa shape index (κ1) is 15.7. The van der Waals surface area contributed by atoms with E-state index in [0.29, 0.717) is 23.6 Å². The van der Waals surface area contributed by atoms with Crippen LogP contribution >= 0.6 is 0 Å². The molecule has 0 saturated heterocycles. The third kappa shape index (κ3) is 2.67. The predicted molar refractivity (Wildman–Crippen MR) is 92.7 cm³/mol. The van der Waals surface area contributed by atoms with Gasteiger partial charge in [-0.1, -0.05) is 36.4 Å². The average Bonchev–Trinajstić information content (AvgIpc) is 3.17. The first-order chi connectivity index (χ1) is 11.9. The third-order valence-corrected chi connectivity index (χ3v) is 4.35. The molecule has 1 aliphatic rings. The second-order valence-corrected chi connectivity index (χ2v) is 6.20. The van der Waals surface area contributed by atoms with Crippen LogP contribution in [-0.4, -0.2) is 23.4 Å². The van der Waals surface area contributed by atoms with Gasteiger partial charge in [0.2, 0.25) is 0 Å². The number of aliphatic imine (C=N–C) groups is 1. The lowest BCUT2D eigenvalue weighted by molar-refractivity contribution is -0.137. The summed E-state index contributed by atoms with van der Waals surface area (Å²) in [5, 5.41) is 4.12. The van der Waals surface area contributed by atoms with Crippen molar-refractivity contribution in [1.29, 1.82) is 0 Å². The normalized spacial score (nSPS) is 17.6. The smallest absolute Gasteiger partial charge is 0.365 e. The molecule has 2 heterocycles. The van der Waals surface area contributed by atoms with Gasteiger partial charge >= 0.3 is 6.18 Å². The van der Waals surface area contributed by atoms with Crippen molar-refractivity contribution in [3.8, 4) is 11.3 Å². The van der Waals surface area contributed by atoms with E-state index >= 15 is 0 Å². The Hall–Kier alpha value is -2.76. The average molecular weight is 343 g/mol. The Morgan fingerprint density at radius 3 is 2.48 bits per heavy atom. The minimum absolute atomic E-state index is 0.130. The number of alkyl halides is 3. The predicted octanol–water partition coefficient (Wildman–Crippen LogP) is 4.59. The minimum Gasteiger partial charge on any atom is -0.365 e. The van der Waals surface area contributed by atoms with E-state index in [2.05, 4.69) is 15.3 Å². The molecule has 128 valence electrons. The molecular weight excluding hydrogens is 327 g/mol. The Morgan fingerprint density at radius 2 is 1.76 bits per heavy atom. The van der Waals surface area contributed by atoms with E-state index in [1.54, 1.807) is 6.07 Å². The first-order valence-electron chi connectivity index (χ1n) is 8.04. The standard InChI is InChI=1S/C19H16F3N3/c1-11-10-23-18(24-11)16-13-7-3-5-9-15(13)25-17(16)12-6-2-4-8-14(12)19(20,21)22/h2-9,11,25H,10H2,1H3,(H,23,24). The van der Waals surface area contributed by atoms with E-state index in [0.717, 1.165) is 17.0 Å². The zero-order valence-corrected chi connectivity index (χ0v) is 13.5. The number of hydrogen-bond acceptors (Lipinski definition) is 2. The number of rotatable bonds is 2. The molecule has 3 aromatic rings. The molecule has 0 radical (unpaired) electrons. The van der Waals surface area contributed by atoms with Crippen molar-refractivity contribution < 1.29 is 13.2 Å². The summed E-state index contributed by atoms with van der Waals surface area (Å²) >= 11 is 0. The van der Waals surface area contributed by atoms with Gasteiger partial charge in [-0.05, 0) is 19.1 Å². The van der Waals surface area contributed by atoms with Crippen molar-refractivity contribution in [3.63, 3.8) is 0 Å². The molecule has 0 fully saturated rings. The Labute approximate surface area is 142 Å². The highest BCUT2D eigenvalue weighted by Crippen LogP contribution is 2.39. The molecule has 0 amide bonds. The van der Waals surface area contributed by atoms with Crippen LogP contribution in [0.1, 0.15) is 18.1 Å². The lowest BCUT2D eigenvalue weighted by Crippen LogP contribution is -2.28. The maximum atomic E-state index is 13.5. The van der Waals surface area contributed by atoms with E-state index < -0.39 is 11.7 Å². The van der Waals surface area contributed by atoms with Gasteiger partial charge in [0, 0.05) is 28.1 Å². The number of halogens is 3. The van der Waals surface area contributed by atoms with Gasteiger partial charge in [0.15, 0.2) is 0 Å². The topological polar surface area (TPSA) is 40.2 Å². The number of benzene rings is 2. The molecule has 25 heavy (non-hydrogen) atoms. The zero-order chi connectivity index (χ0) is 17.6. The molecule has 2 N–H and O–H groups in total. The molecule has 0 bridgehead atoms. The van der Waals surface area contributed by atoms with E-state index in [1.807, 2.05) is 31.2 Å². The monoisotopic (exact) mass is 343 g/mol. The number of nitrogens with one attached hydrogen (secondary N) is 2. The molecule has 0 spiro atoms. The van der Waals surface area contributed by atoms with Crippen LogP contribution < -0.4 is 5.32 Å². The number of aromatic nitrogens is 1. The van der Waals surface area contributed by atoms with E-state index in [-0.39, 0.29) is 11.6 Å². The second-order valence-electron chi connectivity index (χ2n) is 6.20. The summed E-state index contributed by atoms with van der Waals surface area (Å²) in [7, 11) is 0. The molecule has 2 aromatic carbocycles. The third-order valence-electron chi connectivity index (χ3n) is 4.35. The Balaban J connectivity index is 2.01. The van der Waals surface area contributed by atoms with Crippen molar-refractivity contribution in [2.24, 2.45) is 4.99 Å². The number of nitrogens with zero attached hydrogens (tertiary/aromatic N) is 1. The fourth-order valence-corrected chi connectivity index (χ4v) is 3.24. The Kier molecular flexibility index (Phi) is 3.56. The zero-order valence-electron chi connectivity index (χ0n) is 13.5. The van der Waals surface area contributed by atoms with E-state index in [9.17, 15) is 13.2 Å². The van der Waals surface area contributed by atoms with Gasteiger partial charge < -0.3 is 10.3 Å². The van der Waals surface area contributed by atoms with Gasteiger partial charge in [-0.15, -0.1) is 0 Å². The fourth-order valence-electron chi connectivity index (χ4n) is 3.24. The number of para-hydroxylation sites is 1. The van der Waals surface area contributed by atoms with E-state index in [1.165, 1.54) is 12.1 Å². The number of amidine groups is 1. The van der Waals surface area contributed by atoms with Crippen molar-refractivity contribution in [1.82, 2.24) is 10.3 Å². The summed E-state index contributed by atoms with van der Waals surface area (Å²) in [5.74, 6) is 0.636. The number of hydrogen-bond donors (Lipinski definition) is 2. The molecule has 1 unspecified atom stereocenters. The molecule has 0 saturated carbocycles. The van der Waals surface area contributed by atoms with Gasteiger partial charge in [-0.2, -0.15) is 13.2 Å². The Bertz CT molecular complexity index is 969. The van der Waals surface area contributed by atoms with E-state index in [4.69, 9.17) is 0 Å². The van der Waals surface area contributed by atoms with Gasteiger partial charge in [0.25, 0.3) is 0 Å². The Morgan fingerprint density at radius 1 is 1.04 bits per heavy atom. The van der Waals surface area contributed by atoms with Crippen molar-refractivity contribution >= 4 is 16.7 Å². The van der Waals surface area contributed by atoms with Crippen molar-refractivity contribution in [3.05, 3.63) is 59.7 Å². The van der Waals surface area contributed by atoms with Gasteiger partial charge in [0.1, 0.15) is 5.84 Å². The van der Waals surface area contributed by atoms with Crippen LogP contribution in [0.25, 0.3) is 22.2 Å². The van der Waals surface area contributed by atoms with Crippen LogP contribution in [0.3, 0.4) is 0 Å². The van der Waals surface area contributed by atoms with Crippen molar-refractivity contribution in [2.45, 2.75) is 19.1 Å². The highest BCUT2D eigenvalue weighted by atomic mass is 19.4. The summed E-state index contributed by atoms with van der Waals surface area (Å²) < 4.78 is 40.5. The molecule has 1 aliphatic heterocycles. The summed E-state index contributed by atoms with van der Waals surface area (Å²) in [6.45, 7) is 2.60. The van der Waals surface area contributed by atoms with Crippen LogP contribution in [0, 0.1) is 0 Å². The second kappa shape index (κ2) is 5.65. The first-order valence-corrected chi connectivity index (χ1v) is 8.04. The van der Waals surface area contributed by atoms with Crippen LogP contribution in [-0.2, 0) is 6.18 Å². The van der Waals surface area contributed by atoms with Crippen molar-refractivity contribution in [2.75, 3.05) is 6.54 Å². The largest absolute Gasteiger partial charge is 0.417 e. The van der Waals surface area contributed by atoms with Gasteiger partial charge in [0.05, 0.1) is 17.8 Å². The van der Waals surface area contributed by atoms with Crippen LogP contribution in [0.2, 0.25) is 0 Å². The highest BCUT2D eigenvalue weighted by molar-refractivity contribution is 6.15. The molecule has 4 rings (SSSR count). The van der Waals surface area contributed by atoms with Crippen LogP contribution in [0.4, 0.5) is 13.2 Å². The van der Waals surface area contributed by atoms with Crippen LogP contribution in [0.15, 0.2) is 53.5 Å². The lowest BCUT2D eigenvalue weighted by atomic mass is 9.99. The molecule has 6 heteroatoms. The number of aromatic amines is 1. The molecule has 1 atom stereocenters. The summed E-state index contributed by atoms with van der Waals surface area (Å²) in [5.41, 5.74) is 1.39. The molecule has 3 nitrogen and oxygen atoms in total. The molecule has 1 aromatic heterocycles. The SMILES string of the molecule is CC1CN=C(c2c(-c3ccccc3C(F)(F)F)[nH]c3ccccc23)N1. The maximum Gasteiger partial charge on any atom is 0.417 e.